The molecule has 1 aliphatic rings. The van der Waals surface area contributed by atoms with Crippen molar-refractivity contribution in [3.05, 3.63) is 0 Å². The van der Waals surface area contributed by atoms with Crippen LogP contribution in [0.2, 0.25) is 0 Å². The van der Waals surface area contributed by atoms with Crippen LogP contribution in [0, 0.1) is 5.92 Å². The Labute approximate surface area is 61.2 Å². The van der Waals surface area contributed by atoms with E-state index in [0.717, 1.165) is 19.5 Å². The molecule has 0 aromatic rings. The fourth-order valence-corrected chi connectivity index (χ4v) is 1.35. The molecule has 3 heteroatoms. The number of hydrogen-bond acceptors (Lipinski definition) is 2. The first-order chi connectivity index (χ1) is 4.84. The van der Waals surface area contributed by atoms with E-state index in [0.29, 0.717) is 6.54 Å². The van der Waals surface area contributed by atoms with E-state index in [-0.39, 0.29) is 5.92 Å². The van der Waals surface area contributed by atoms with Crippen LogP contribution in [0.3, 0.4) is 0 Å². The molecule has 0 aromatic carbocycles. The summed E-state index contributed by atoms with van der Waals surface area (Å²) >= 11 is 0. The average molecular weight is 146 g/mol. The Morgan fingerprint density at radius 2 is 2.60 bits per heavy atom. The third-order valence-electron chi connectivity index (χ3n) is 2.01. The Morgan fingerprint density at radius 3 is 3.10 bits per heavy atom. The van der Waals surface area contributed by atoms with Gasteiger partial charge in [-0.15, -0.1) is 0 Å². The number of halogens is 1. The molecule has 0 amide bonds. The van der Waals surface area contributed by atoms with E-state index < -0.39 is 6.17 Å². The van der Waals surface area contributed by atoms with Crippen molar-refractivity contribution in [2.75, 3.05) is 26.7 Å². The smallest absolute Gasteiger partial charge is 0.117 e. The first kappa shape index (κ1) is 7.95. The van der Waals surface area contributed by atoms with Gasteiger partial charge in [-0.1, -0.05) is 0 Å². The van der Waals surface area contributed by atoms with Crippen molar-refractivity contribution in [1.29, 1.82) is 0 Å². The minimum atomic E-state index is -0.667. The molecule has 10 heavy (non-hydrogen) atoms. The van der Waals surface area contributed by atoms with Gasteiger partial charge >= 0.3 is 0 Å². The highest BCUT2D eigenvalue weighted by molar-refractivity contribution is 4.78. The second kappa shape index (κ2) is 3.88. The van der Waals surface area contributed by atoms with Crippen LogP contribution in [-0.2, 0) is 0 Å². The number of alkyl halides is 1. The van der Waals surface area contributed by atoms with Crippen molar-refractivity contribution in [2.24, 2.45) is 5.92 Å². The summed E-state index contributed by atoms with van der Waals surface area (Å²) in [6.45, 7) is 2.32. The van der Waals surface area contributed by atoms with E-state index >= 15 is 0 Å². The molecule has 1 saturated heterocycles. The Morgan fingerprint density at radius 1 is 1.80 bits per heavy atom. The molecule has 2 N–H and O–H groups in total. The summed E-state index contributed by atoms with van der Waals surface area (Å²) in [6, 6.07) is 0. The lowest BCUT2D eigenvalue weighted by atomic mass is 10.0. The Bertz CT molecular complexity index is 91.6. The van der Waals surface area contributed by atoms with Gasteiger partial charge in [-0.05, 0) is 20.0 Å². The second-order valence-corrected chi connectivity index (χ2v) is 2.83. The topological polar surface area (TPSA) is 24.1 Å². The molecule has 1 fully saturated rings. The minimum Gasteiger partial charge on any atom is -0.317 e. The van der Waals surface area contributed by atoms with E-state index in [1.54, 1.807) is 7.05 Å². The molecule has 1 rings (SSSR count). The molecular weight excluding hydrogens is 131 g/mol. The molecule has 0 spiro atoms. The van der Waals surface area contributed by atoms with Gasteiger partial charge < -0.3 is 10.6 Å². The van der Waals surface area contributed by atoms with Crippen LogP contribution in [-0.4, -0.2) is 32.9 Å². The molecule has 0 aromatic heterocycles. The number of hydrogen-bond donors (Lipinski definition) is 2. The van der Waals surface area contributed by atoms with Crippen molar-refractivity contribution >= 4 is 0 Å². The maximum atomic E-state index is 13.0. The van der Waals surface area contributed by atoms with Crippen LogP contribution in [0.15, 0.2) is 0 Å². The molecule has 0 bridgehead atoms. The average Bonchev–Trinajstić information content (AvgIpc) is 2.38. The lowest BCUT2D eigenvalue weighted by molar-refractivity contribution is 0.237. The van der Waals surface area contributed by atoms with Gasteiger partial charge in [0.05, 0.1) is 0 Å². The van der Waals surface area contributed by atoms with E-state index in [4.69, 9.17) is 0 Å². The summed E-state index contributed by atoms with van der Waals surface area (Å²) in [5.41, 5.74) is 0. The largest absolute Gasteiger partial charge is 0.317 e. The highest BCUT2D eigenvalue weighted by Crippen LogP contribution is 2.14. The van der Waals surface area contributed by atoms with Crippen LogP contribution >= 0.6 is 0 Å². The Balaban J connectivity index is 2.18. The summed E-state index contributed by atoms with van der Waals surface area (Å²) in [4.78, 5) is 0. The predicted molar refractivity (Wildman–Crippen MR) is 39.8 cm³/mol. The molecule has 0 radical (unpaired) electrons. The van der Waals surface area contributed by atoms with E-state index in [9.17, 15) is 4.39 Å². The normalized spacial score (nSPS) is 28.8. The van der Waals surface area contributed by atoms with E-state index in [1.165, 1.54) is 0 Å². The lowest BCUT2D eigenvalue weighted by Crippen LogP contribution is -2.28. The van der Waals surface area contributed by atoms with Gasteiger partial charge in [0.1, 0.15) is 6.17 Å². The zero-order valence-corrected chi connectivity index (χ0v) is 6.36. The quantitative estimate of drug-likeness (QED) is 0.592. The first-order valence-electron chi connectivity index (χ1n) is 3.84. The molecule has 1 heterocycles. The maximum Gasteiger partial charge on any atom is 0.117 e. The van der Waals surface area contributed by atoms with Crippen molar-refractivity contribution in [1.82, 2.24) is 10.6 Å². The van der Waals surface area contributed by atoms with Crippen molar-refractivity contribution in [2.45, 2.75) is 12.6 Å². The maximum absolute atomic E-state index is 13.0. The summed E-state index contributed by atoms with van der Waals surface area (Å²) in [5.74, 6) is 0.243. The molecular formula is C7H15FN2. The Hall–Kier alpha value is -0.150. The van der Waals surface area contributed by atoms with Crippen LogP contribution in [0.1, 0.15) is 6.42 Å². The number of rotatable bonds is 3. The zero-order chi connectivity index (χ0) is 7.40. The molecule has 1 aliphatic heterocycles. The van der Waals surface area contributed by atoms with Gasteiger partial charge in [0.15, 0.2) is 0 Å². The fraction of sp³-hybridized carbons (Fsp3) is 1.00. The fourth-order valence-electron chi connectivity index (χ4n) is 1.35. The van der Waals surface area contributed by atoms with Crippen LogP contribution in [0.4, 0.5) is 4.39 Å². The second-order valence-electron chi connectivity index (χ2n) is 2.83. The Kier molecular flexibility index (Phi) is 3.09. The van der Waals surface area contributed by atoms with Crippen molar-refractivity contribution in [3.63, 3.8) is 0 Å². The predicted octanol–water partition coefficient (Wildman–Crippen LogP) is 0.153. The molecule has 2 nitrogen and oxygen atoms in total. The molecule has 0 aliphatic carbocycles. The first-order valence-corrected chi connectivity index (χ1v) is 3.84. The van der Waals surface area contributed by atoms with Crippen LogP contribution < -0.4 is 10.6 Å². The summed E-state index contributed by atoms with van der Waals surface area (Å²) in [5, 5.41) is 5.99. The van der Waals surface area contributed by atoms with E-state index in [2.05, 4.69) is 10.6 Å². The highest BCUT2D eigenvalue weighted by atomic mass is 19.1. The SMILES string of the molecule is CNCC(F)C1CCNC1. The minimum absolute atomic E-state index is 0.243. The van der Waals surface area contributed by atoms with Crippen molar-refractivity contribution in [3.8, 4) is 0 Å². The van der Waals surface area contributed by atoms with Gasteiger partial charge in [-0.3, -0.25) is 0 Å². The lowest BCUT2D eigenvalue weighted by Gasteiger charge is -2.13. The molecule has 2 unspecified atom stereocenters. The van der Waals surface area contributed by atoms with Gasteiger partial charge in [-0.2, -0.15) is 0 Å². The molecule has 60 valence electrons. The van der Waals surface area contributed by atoms with Gasteiger partial charge in [0.25, 0.3) is 0 Å². The van der Waals surface area contributed by atoms with Crippen molar-refractivity contribution < 1.29 is 4.39 Å². The van der Waals surface area contributed by atoms with Gasteiger partial charge in [0, 0.05) is 19.0 Å². The summed E-state index contributed by atoms with van der Waals surface area (Å²) in [6.07, 6.45) is 0.322. The van der Waals surface area contributed by atoms with Crippen LogP contribution in [0.25, 0.3) is 0 Å². The van der Waals surface area contributed by atoms with Gasteiger partial charge in [0.2, 0.25) is 0 Å². The van der Waals surface area contributed by atoms with E-state index in [1.807, 2.05) is 0 Å². The van der Waals surface area contributed by atoms with Crippen LogP contribution in [0.5, 0.6) is 0 Å². The summed E-state index contributed by atoms with van der Waals surface area (Å²) < 4.78 is 13.0. The third kappa shape index (κ3) is 1.92. The summed E-state index contributed by atoms with van der Waals surface area (Å²) in [7, 11) is 1.79. The highest BCUT2D eigenvalue weighted by Gasteiger charge is 2.23. The van der Waals surface area contributed by atoms with Gasteiger partial charge in [-0.25, -0.2) is 4.39 Å². The molecule has 2 atom stereocenters. The monoisotopic (exact) mass is 146 g/mol. The standard InChI is InChI=1S/C7H15FN2/c1-9-5-7(8)6-2-3-10-4-6/h6-7,9-10H,2-5H2,1H3. The molecule has 0 saturated carbocycles. The number of nitrogens with one attached hydrogen (secondary N) is 2. The third-order valence-corrected chi connectivity index (χ3v) is 2.01. The zero-order valence-electron chi connectivity index (χ0n) is 6.36.